The lowest BCUT2D eigenvalue weighted by Gasteiger charge is -2.10. The van der Waals surface area contributed by atoms with E-state index >= 15 is 0 Å². The standard InChI is InChI=1S/C17H25N5O2S/c1-22(2)13-6-12-18-16-9-10-17(20-19-16)21-25(23,24)14-11-15-7-4-3-5-8-15/h3-5,7-10H,6,11-14H2,1-2H3,(H,18,19)(H,20,21). The number of aryl methyl sites for hydroxylation is 1. The van der Waals surface area contributed by atoms with Gasteiger partial charge in [0, 0.05) is 6.54 Å². The first-order valence-electron chi connectivity index (χ1n) is 8.21. The maximum Gasteiger partial charge on any atom is 0.234 e. The highest BCUT2D eigenvalue weighted by Gasteiger charge is 2.12. The van der Waals surface area contributed by atoms with Crippen molar-refractivity contribution in [2.45, 2.75) is 12.8 Å². The summed E-state index contributed by atoms with van der Waals surface area (Å²) < 4.78 is 26.7. The molecule has 0 saturated carbocycles. The van der Waals surface area contributed by atoms with Gasteiger partial charge in [0.25, 0.3) is 0 Å². The van der Waals surface area contributed by atoms with Gasteiger partial charge in [0.1, 0.15) is 5.82 Å². The summed E-state index contributed by atoms with van der Waals surface area (Å²) in [5.41, 5.74) is 0.983. The fraction of sp³-hybridized carbons (Fsp3) is 0.412. The van der Waals surface area contributed by atoms with Crippen LogP contribution in [0.3, 0.4) is 0 Å². The minimum Gasteiger partial charge on any atom is -0.369 e. The van der Waals surface area contributed by atoms with Crippen LogP contribution < -0.4 is 10.0 Å². The molecular formula is C17H25N5O2S. The Morgan fingerprint density at radius 2 is 1.68 bits per heavy atom. The van der Waals surface area contributed by atoms with Gasteiger partial charge in [-0.15, -0.1) is 10.2 Å². The van der Waals surface area contributed by atoms with E-state index in [4.69, 9.17) is 0 Å². The van der Waals surface area contributed by atoms with Crippen LogP contribution in [0.1, 0.15) is 12.0 Å². The number of nitrogens with one attached hydrogen (secondary N) is 2. The van der Waals surface area contributed by atoms with Gasteiger partial charge in [0.2, 0.25) is 10.0 Å². The molecule has 0 atom stereocenters. The van der Waals surface area contributed by atoms with Crippen molar-refractivity contribution in [1.29, 1.82) is 0 Å². The number of nitrogens with zero attached hydrogens (tertiary/aromatic N) is 3. The molecule has 0 aliphatic carbocycles. The maximum absolute atomic E-state index is 12.1. The number of benzene rings is 1. The molecule has 0 amide bonds. The predicted molar refractivity (Wildman–Crippen MR) is 101 cm³/mol. The van der Waals surface area contributed by atoms with E-state index < -0.39 is 10.0 Å². The van der Waals surface area contributed by atoms with E-state index in [1.807, 2.05) is 44.4 Å². The number of anilines is 2. The van der Waals surface area contributed by atoms with Crippen molar-refractivity contribution in [2.24, 2.45) is 0 Å². The fourth-order valence-corrected chi connectivity index (χ4v) is 3.23. The summed E-state index contributed by atoms with van der Waals surface area (Å²) in [6.07, 6.45) is 1.44. The lowest BCUT2D eigenvalue weighted by molar-refractivity contribution is 0.405. The van der Waals surface area contributed by atoms with Crippen LogP contribution in [0.25, 0.3) is 0 Å². The molecule has 8 heteroatoms. The third kappa shape index (κ3) is 7.49. The van der Waals surface area contributed by atoms with Gasteiger partial charge in [0.05, 0.1) is 5.75 Å². The van der Waals surface area contributed by atoms with Crippen molar-refractivity contribution in [3.8, 4) is 0 Å². The average Bonchev–Trinajstić information content (AvgIpc) is 2.59. The molecule has 0 aliphatic heterocycles. The molecule has 0 saturated heterocycles. The van der Waals surface area contributed by atoms with Crippen molar-refractivity contribution >= 4 is 21.7 Å². The molecule has 2 rings (SSSR count). The normalized spacial score (nSPS) is 11.5. The molecule has 0 aliphatic rings. The number of aromatic nitrogens is 2. The molecule has 0 spiro atoms. The highest BCUT2D eigenvalue weighted by molar-refractivity contribution is 7.92. The molecule has 0 unspecified atom stereocenters. The van der Waals surface area contributed by atoms with Gasteiger partial charge in [-0.25, -0.2) is 8.42 Å². The van der Waals surface area contributed by atoms with Crippen LogP contribution in [-0.2, 0) is 16.4 Å². The topological polar surface area (TPSA) is 87.2 Å². The first kappa shape index (κ1) is 19.1. The van der Waals surface area contributed by atoms with Gasteiger partial charge in [-0.05, 0) is 51.2 Å². The summed E-state index contributed by atoms with van der Waals surface area (Å²) in [6.45, 7) is 1.77. The van der Waals surface area contributed by atoms with E-state index in [1.165, 1.54) is 0 Å². The zero-order valence-corrected chi connectivity index (χ0v) is 15.5. The number of hydrogen-bond acceptors (Lipinski definition) is 6. The second-order valence-electron chi connectivity index (χ2n) is 6.04. The minimum atomic E-state index is -3.45. The lowest BCUT2D eigenvalue weighted by atomic mass is 10.2. The summed E-state index contributed by atoms with van der Waals surface area (Å²) >= 11 is 0. The Labute approximate surface area is 149 Å². The summed E-state index contributed by atoms with van der Waals surface area (Å²) in [5, 5.41) is 11.1. The summed E-state index contributed by atoms with van der Waals surface area (Å²) in [5.74, 6) is 0.862. The minimum absolute atomic E-state index is 0.00320. The number of sulfonamides is 1. The zero-order valence-electron chi connectivity index (χ0n) is 14.6. The Bertz CT molecular complexity index is 733. The second-order valence-corrected chi connectivity index (χ2v) is 7.89. The molecule has 0 radical (unpaired) electrons. The van der Waals surface area contributed by atoms with Crippen LogP contribution in [0.15, 0.2) is 42.5 Å². The summed E-state index contributed by atoms with van der Waals surface area (Å²) in [7, 11) is 0.598. The molecule has 0 bridgehead atoms. The molecule has 0 fully saturated rings. The van der Waals surface area contributed by atoms with Crippen molar-refractivity contribution < 1.29 is 8.42 Å². The quantitative estimate of drug-likeness (QED) is 0.626. The molecular weight excluding hydrogens is 338 g/mol. The van der Waals surface area contributed by atoms with Gasteiger partial charge in [-0.1, -0.05) is 30.3 Å². The Kier molecular flexibility index (Phi) is 7.15. The Balaban J connectivity index is 1.81. The fourth-order valence-electron chi connectivity index (χ4n) is 2.20. The molecule has 25 heavy (non-hydrogen) atoms. The van der Waals surface area contributed by atoms with Crippen LogP contribution in [0.5, 0.6) is 0 Å². The molecule has 7 nitrogen and oxygen atoms in total. The van der Waals surface area contributed by atoms with E-state index in [-0.39, 0.29) is 11.6 Å². The third-order valence-electron chi connectivity index (χ3n) is 3.52. The van der Waals surface area contributed by atoms with E-state index in [2.05, 4.69) is 25.1 Å². The van der Waals surface area contributed by atoms with Gasteiger partial charge in [0.15, 0.2) is 5.82 Å². The van der Waals surface area contributed by atoms with Crippen LogP contribution in [-0.4, -0.2) is 56.5 Å². The molecule has 1 aromatic heterocycles. The Morgan fingerprint density at radius 3 is 2.32 bits per heavy atom. The first-order valence-corrected chi connectivity index (χ1v) is 9.86. The van der Waals surface area contributed by atoms with Gasteiger partial charge in [-0.3, -0.25) is 4.72 Å². The molecule has 2 aromatic rings. The lowest BCUT2D eigenvalue weighted by Crippen LogP contribution is -2.19. The van der Waals surface area contributed by atoms with Crippen molar-refractivity contribution in [2.75, 3.05) is 43.0 Å². The van der Waals surface area contributed by atoms with Gasteiger partial charge >= 0.3 is 0 Å². The Morgan fingerprint density at radius 1 is 1.00 bits per heavy atom. The summed E-state index contributed by atoms with van der Waals surface area (Å²) in [6, 6.07) is 12.8. The monoisotopic (exact) mass is 363 g/mol. The molecule has 1 heterocycles. The highest BCUT2D eigenvalue weighted by Crippen LogP contribution is 2.09. The largest absolute Gasteiger partial charge is 0.369 e. The zero-order chi connectivity index (χ0) is 18.1. The molecule has 136 valence electrons. The van der Waals surface area contributed by atoms with Crippen molar-refractivity contribution in [3.05, 3.63) is 48.0 Å². The molecule has 1 aromatic carbocycles. The van der Waals surface area contributed by atoms with E-state index in [9.17, 15) is 8.42 Å². The first-order chi connectivity index (χ1) is 11.9. The second kappa shape index (κ2) is 9.33. The van der Waals surface area contributed by atoms with Gasteiger partial charge < -0.3 is 10.2 Å². The van der Waals surface area contributed by atoms with Crippen LogP contribution in [0.2, 0.25) is 0 Å². The van der Waals surface area contributed by atoms with Crippen molar-refractivity contribution in [1.82, 2.24) is 15.1 Å². The highest BCUT2D eigenvalue weighted by atomic mass is 32.2. The number of hydrogen-bond donors (Lipinski definition) is 2. The van der Waals surface area contributed by atoms with Crippen LogP contribution >= 0.6 is 0 Å². The Hall–Kier alpha value is -2.19. The van der Waals surface area contributed by atoms with E-state index in [1.54, 1.807) is 12.1 Å². The van der Waals surface area contributed by atoms with E-state index in [0.29, 0.717) is 12.2 Å². The maximum atomic E-state index is 12.1. The van der Waals surface area contributed by atoms with Crippen LogP contribution in [0.4, 0.5) is 11.6 Å². The third-order valence-corrected chi connectivity index (χ3v) is 4.78. The van der Waals surface area contributed by atoms with Gasteiger partial charge in [-0.2, -0.15) is 0 Å². The smallest absolute Gasteiger partial charge is 0.234 e. The predicted octanol–water partition coefficient (Wildman–Crippen LogP) is 1.82. The number of rotatable bonds is 10. The molecule has 2 N–H and O–H groups in total. The van der Waals surface area contributed by atoms with Crippen LogP contribution in [0, 0.1) is 0 Å². The SMILES string of the molecule is CN(C)CCCNc1ccc(NS(=O)(=O)CCc2ccccc2)nn1. The average molecular weight is 363 g/mol. The van der Waals surface area contributed by atoms with E-state index in [0.717, 1.165) is 25.1 Å². The van der Waals surface area contributed by atoms with Crippen molar-refractivity contribution in [3.63, 3.8) is 0 Å². The summed E-state index contributed by atoms with van der Waals surface area (Å²) in [4.78, 5) is 2.11.